The van der Waals surface area contributed by atoms with Crippen LogP contribution in [-0.2, 0) is 16.1 Å². The van der Waals surface area contributed by atoms with E-state index in [1.165, 1.54) is 0 Å². The van der Waals surface area contributed by atoms with Crippen molar-refractivity contribution in [3.63, 3.8) is 0 Å². The van der Waals surface area contributed by atoms with Crippen LogP contribution in [0.5, 0.6) is 5.75 Å². The fourth-order valence-electron chi connectivity index (χ4n) is 3.92. The van der Waals surface area contributed by atoms with Crippen LogP contribution in [0.25, 0.3) is 0 Å². The van der Waals surface area contributed by atoms with Gasteiger partial charge in [0, 0.05) is 43.3 Å². The topological polar surface area (TPSA) is 88.6 Å². The maximum absolute atomic E-state index is 12.7. The van der Waals surface area contributed by atoms with Crippen molar-refractivity contribution < 1.29 is 19.1 Å². The minimum absolute atomic E-state index is 0.0138. The van der Waals surface area contributed by atoms with Gasteiger partial charge < -0.3 is 15.0 Å². The standard InChI is InChI=1S/C22H22ClN3O4/c23-16-1-2-19-17(11-16)18(27)12-22(30-19)6-3-21(29)26(10-7-22)14-20(28)25-13-15-4-8-24-9-5-15/h1-2,4-5,8-9,11H,3,6-7,10,12-14H2,(H,25,28)/t22-/m1/s1. The average Bonchev–Trinajstić information content (AvgIpc) is 2.88. The molecular weight excluding hydrogens is 406 g/mol. The van der Waals surface area contributed by atoms with Gasteiger partial charge in [0.25, 0.3) is 0 Å². The van der Waals surface area contributed by atoms with Gasteiger partial charge in [0.15, 0.2) is 5.78 Å². The minimum atomic E-state index is -0.726. The molecular formula is C22H22ClN3O4. The van der Waals surface area contributed by atoms with Gasteiger partial charge in [-0.3, -0.25) is 19.4 Å². The number of carbonyl (C=O) groups excluding carboxylic acids is 3. The molecule has 1 atom stereocenters. The molecule has 0 saturated carbocycles. The van der Waals surface area contributed by atoms with Crippen molar-refractivity contribution in [1.82, 2.24) is 15.2 Å². The Balaban J connectivity index is 1.39. The normalized spacial score (nSPS) is 21.0. The molecule has 30 heavy (non-hydrogen) atoms. The third-order valence-electron chi connectivity index (χ3n) is 5.61. The number of hydrogen-bond donors (Lipinski definition) is 1. The van der Waals surface area contributed by atoms with E-state index >= 15 is 0 Å². The second-order valence-corrected chi connectivity index (χ2v) is 8.16. The zero-order valence-corrected chi connectivity index (χ0v) is 17.2. The summed E-state index contributed by atoms with van der Waals surface area (Å²) in [5, 5.41) is 3.31. The smallest absolute Gasteiger partial charge is 0.239 e. The van der Waals surface area contributed by atoms with Gasteiger partial charge in [-0.1, -0.05) is 11.6 Å². The van der Waals surface area contributed by atoms with Crippen molar-refractivity contribution in [3.05, 3.63) is 58.9 Å². The molecule has 1 aromatic heterocycles. The van der Waals surface area contributed by atoms with Crippen LogP contribution in [-0.4, -0.2) is 46.2 Å². The number of ketones is 1. The predicted molar refractivity (Wildman–Crippen MR) is 110 cm³/mol. The summed E-state index contributed by atoms with van der Waals surface area (Å²) in [4.78, 5) is 43.1. The van der Waals surface area contributed by atoms with E-state index in [1.807, 2.05) is 12.1 Å². The second-order valence-electron chi connectivity index (χ2n) is 7.72. The maximum atomic E-state index is 12.7. The van der Waals surface area contributed by atoms with Crippen molar-refractivity contribution in [2.75, 3.05) is 13.1 Å². The van der Waals surface area contributed by atoms with Crippen LogP contribution in [0.1, 0.15) is 41.6 Å². The number of benzene rings is 1. The Labute approximate surface area is 179 Å². The number of likely N-dealkylation sites (tertiary alicyclic amines) is 1. The first-order chi connectivity index (χ1) is 14.4. The number of nitrogens with one attached hydrogen (secondary N) is 1. The van der Waals surface area contributed by atoms with Crippen molar-refractivity contribution in [1.29, 1.82) is 0 Å². The summed E-state index contributed by atoms with van der Waals surface area (Å²) in [5.41, 5.74) is 0.693. The number of fused-ring (bicyclic) bond motifs is 1. The molecule has 2 aliphatic heterocycles. The first-order valence-corrected chi connectivity index (χ1v) is 10.3. The molecule has 0 radical (unpaired) electrons. The minimum Gasteiger partial charge on any atom is -0.486 e. The lowest BCUT2D eigenvalue weighted by Gasteiger charge is -2.37. The van der Waals surface area contributed by atoms with E-state index in [0.29, 0.717) is 42.3 Å². The van der Waals surface area contributed by atoms with Crippen LogP contribution in [0.15, 0.2) is 42.7 Å². The molecule has 1 spiro atoms. The van der Waals surface area contributed by atoms with Gasteiger partial charge in [-0.2, -0.15) is 0 Å². The molecule has 2 aromatic rings. The van der Waals surface area contributed by atoms with Gasteiger partial charge >= 0.3 is 0 Å². The Kier molecular flexibility index (Phi) is 5.72. The van der Waals surface area contributed by atoms with Crippen LogP contribution >= 0.6 is 11.6 Å². The Morgan fingerprint density at radius 1 is 1.20 bits per heavy atom. The monoisotopic (exact) mass is 427 g/mol. The molecule has 8 heteroatoms. The SMILES string of the molecule is O=C(CN1CC[C@]2(CCC1=O)CC(=O)c1cc(Cl)ccc1O2)NCc1ccncc1. The fourth-order valence-corrected chi connectivity index (χ4v) is 4.10. The van der Waals surface area contributed by atoms with E-state index in [4.69, 9.17) is 16.3 Å². The summed E-state index contributed by atoms with van der Waals surface area (Å²) in [6.45, 7) is 0.724. The molecule has 2 aliphatic rings. The van der Waals surface area contributed by atoms with Gasteiger partial charge in [0.05, 0.1) is 18.5 Å². The quantitative estimate of drug-likeness (QED) is 0.810. The largest absolute Gasteiger partial charge is 0.486 e. The lowest BCUT2D eigenvalue weighted by atomic mass is 9.84. The van der Waals surface area contributed by atoms with Crippen LogP contribution in [0, 0.1) is 0 Å². The Bertz CT molecular complexity index is 982. The maximum Gasteiger partial charge on any atom is 0.239 e. The van der Waals surface area contributed by atoms with Crippen LogP contribution in [0.2, 0.25) is 5.02 Å². The molecule has 1 aromatic carbocycles. The number of aromatic nitrogens is 1. The highest BCUT2D eigenvalue weighted by molar-refractivity contribution is 6.31. The molecule has 4 rings (SSSR count). The molecule has 7 nitrogen and oxygen atoms in total. The van der Waals surface area contributed by atoms with E-state index in [-0.39, 0.29) is 37.0 Å². The fraction of sp³-hybridized carbons (Fsp3) is 0.364. The molecule has 3 heterocycles. The van der Waals surface area contributed by atoms with Gasteiger partial charge in [-0.05, 0) is 42.3 Å². The molecule has 1 fully saturated rings. The van der Waals surface area contributed by atoms with Crippen LogP contribution in [0.3, 0.4) is 0 Å². The lowest BCUT2D eigenvalue weighted by molar-refractivity contribution is -0.135. The van der Waals surface area contributed by atoms with E-state index in [9.17, 15) is 14.4 Å². The van der Waals surface area contributed by atoms with Gasteiger partial charge in [-0.25, -0.2) is 0 Å². The van der Waals surface area contributed by atoms with Crippen molar-refractivity contribution in [2.45, 2.75) is 37.8 Å². The highest BCUT2D eigenvalue weighted by Crippen LogP contribution is 2.40. The summed E-state index contributed by atoms with van der Waals surface area (Å²) in [7, 11) is 0. The Morgan fingerprint density at radius 3 is 2.80 bits per heavy atom. The number of hydrogen-bond acceptors (Lipinski definition) is 5. The highest BCUT2D eigenvalue weighted by atomic mass is 35.5. The number of carbonyl (C=O) groups is 3. The van der Waals surface area contributed by atoms with Crippen LogP contribution in [0.4, 0.5) is 0 Å². The summed E-state index contributed by atoms with van der Waals surface area (Å²) in [6.07, 6.45) is 4.69. The van der Waals surface area contributed by atoms with Crippen molar-refractivity contribution in [3.8, 4) is 5.75 Å². The first-order valence-electron chi connectivity index (χ1n) is 9.89. The summed E-state index contributed by atoms with van der Waals surface area (Å²) in [6, 6.07) is 8.65. The van der Waals surface area contributed by atoms with Gasteiger partial charge in [-0.15, -0.1) is 0 Å². The zero-order chi connectivity index (χ0) is 21.1. The van der Waals surface area contributed by atoms with Crippen LogP contribution < -0.4 is 10.1 Å². The van der Waals surface area contributed by atoms with Gasteiger partial charge in [0.1, 0.15) is 11.4 Å². The van der Waals surface area contributed by atoms with E-state index in [0.717, 1.165) is 5.56 Å². The number of Topliss-reactive ketones (excluding diaryl/α,β-unsaturated/α-hetero) is 1. The Morgan fingerprint density at radius 2 is 2.00 bits per heavy atom. The second kappa shape index (κ2) is 8.44. The predicted octanol–water partition coefficient (Wildman–Crippen LogP) is 2.77. The molecule has 0 unspecified atom stereocenters. The lowest BCUT2D eigenvalue weighted by Crippen LogP contribution is -2.44. The number of amides is 2. The Hall–Kier alpha value is -2.93. The van der Waals surface area contributed by atoms with Crippen molar-refractivity contribution in [2.24, 2.45) is 0 Å². The molecule has 0 bridgehead atoms. The number of rotatable bonds is 4. The molecule has 2 amide bonds. The summed E-state index contributed by atoms with van der Waals surface area (Å²) >= 11 is 6.00. The third-order valence-corrected chi connectivity index (χ3v) is 5.84. The highest BCUT2D eigenvalue weighted by Gasteiger charge is 2.43. The number of pyridine rings is 1. The van der Waals surface area contributed by atoms with E-state index in [1.54, 1.807) is 35.5 Å². The molecule has 1 N–H and O–H groups in total. The number of nitrogens with zero attached hydrogens (tertiary/aromatic N) is 2. The molecule has 156 valence electrons. The zero-order valence-electron chi connectivity index (χ0n) is 16.4. The summed E-state index contributed by atoms with van der Waals surface area (Å²) < 4.78 is 6.21. The molecule has 1 saturated heterocycles. The average molecular weight is 428 g/mol. The van der Waals surface area contributed by atoms with E-state index < -0.39 is 5.60 Å². The summed E-state index contributed by atoms with van der Waals surface area (Å²) in [5.74, 6) is 0.141. The number of halogens is 1. The van der Waals surface area contributed by atoms with Gasteiger partial charge in [0.2, 0.25) is 11.8 Å². The molecule has 0 aliphatic carbocycles. The number of ether oxygens (including phenoxy) is 1. The van der Waals surface area contributed by atoms with E-state index in [2.05, 4.69) is 10.3 Å². The van der Waals surface area contributed by atoms with Crippen molar-refractivity contribution >= 4 is 29.2 Å². The third kappa shape index (κ3) is 4.46. The first kappa shape index (κ1) is 20.3.